The summed E-state index contributed by atoms with van der Waals surface area (Å²) in [6, 6.07) is 13.9. The van der Waals surface area contributed by atoms with E-state index in [1.54, 1.807) is 24.3 Å². The van der Waals surface area contributed by atoms with Gasteiger partial charge >= 0.3 is 0 Å². The van der Waals surface area contributed by atoms with Crippen LogP contribution in [-0.4, -0.2) is 17.3 Å². The Bertz CT molecular complexity index is 915. The van der Waals surface area contributed by atoms with Crippen LogP contribution in [0.25, 0.3) is 10.9 Å². The predicted molar refractivity (Wildman–Crippen MR) is 115 cm³/mol. The highest BCUT2D eigenvalue weighted by Gasteiger charge is 1.98. The van der Waals surface area contributed by atoms with Gasteiger partial charge < -0.3 is 9.72 Å². The van der Waals surface area contributed by atoms with Gasteiger partial charge in [-0.3, -0.25) is 4.79 Å². The highest BCUT2D eigenvalue weighted by atomic mass is 35.5. The van der Waals surface area contributed by atoms with Crippen molar-refractivity contribution < 1.29 is 4.74 Å². The SMILES string of the molecule is Clc1ccc(Cl)c(Cl)c1.O=c1ccc2cc(OCCCCS)ccc2[nH]1. The molecule has 0 radical (unpaired) electrons. The molecule has 2 aromatic carbocycles. The minimum absolute atomic E-state index is 0.0834. The van der Waals surface area contributed by atoms with Gasteiger partial charge in [0.25, 0.3) is 0 Å². The largest absolute Gasteiger partial charge is 0.494 e. The van der Waals surface area contributed by atoms with Gasteiger partial charge in [-0.05, 0) is 61.1 Å². The highest BCUT2D eigenvalue weighted by Crippen LogP contribution is 2.24. The molecule has 0 aliphatic rings. The van der Waals surface area contributed by atoms with Gasteiger partial charge in [0, 0.05) is 22.0 Å². The molecule has 0 saturated heterocycles. The van der Waals surface area contributed by atoms with Crippen molar-refractivity contribution in [1.29, 1.82) is 0 Å². The maximum atomic E-state index is 11.1. The monoisotopic (exact) mass is 429 g/mol. The maximum Gasteiger partial charge on any atom is 0.248 e. The molecule has 1 heterocycles. The molecule has 7 heteroatoms. The van der Waals surface area contributed by atoms with Gasteiger partial charge in [0.2, 0.25) is 5.56 Å². The number of aromatic nitrogens is 1. The lowest BCUT2D eigenvalue weighted by Crippen LogP contribution is -2.02. The summed E-state index contributed by atoms with van der Waals surface area (Å²) >= 11 is 20.9. The third kappa shape index (κ3) is 6.76. The molecular weight excluding hydrogens is 413 g/mol. The summed E-state index contributed by atoms with van der Waals surface area (Å²) in [7, 11) is 0. The molecule has 0 spiro atoms. The number of pyridine rings is 1. The predicted octanol–water partition coefficient (Wildman–Crippen LogP) is 6.26. The van der Waals surface area contributed by atoms with E-state index < -0.39 is 0 Å². The van der Waals surface area contributed by atoms with Crippen LogP contribution in [0.15, 0.2) is 53.3 Å². The van der Waals surface area contributed by atoms with Crippen LogP contribution in [0.3, 0.4) is 0 Å². The Kier molecular flexibility index (Phi) is 8.66. The average Bonchev–Trinajstić information content (AvgIpc) is 2.63. The maximum absolute atomic E-state index is 11.1. The molecule has 138 valence electrons. The zero-order valence-corrected chi connectivity index (χ0v) is 17.0. The first-order valence-corrected chi connectivity index (χ1v) is 9.73. The topological polar surface area (TPSA) is 42.1 Å². The number of thiol groups is 1. The van der Waals surface area contributed by atoms with Crippen LogP contribution < -0.4 is 10.3 Å². The Balaban J connectivity index is 0.000000228. The number of hydrogen-bond donors (Lipinski definition) is 2. The van der Waals surface area contributed by atoms with Crippen LogP contribution in [0.5, 0.6) is 5.75 Å². The molecule has 0 fully saturated rings. The number of halogens is 3. The van der Waals surface area contributed by atoms with Crippen molar-refractivity contribution in [2.75, 3.05) is 12.4 Å². The molecular formula is C19H18Cl3NO2S. The molecule has 0 amide bonds. The highest BCUT2D eigenvalue weighted by molar-refractivity contribution is 7.80. The number of fused-ring (bicyclic) bond motifs is 1. The van der Waals surface area contributed by atoms with E-state index in [-0.39, 0.29) is 5.56 Å². The quantitative estimate of drug-likeness (QED) is 0.285. The first kappa shape index (κ1) is 21.0. The molecule has 0 bridgehead atoms. The molecule has 0 saturated carbocycles. The molecule has 3 aromatic rings. The fourth-order valence-corrected chi connectivity index (χ4v) is 2.85. The fourth-order valence-electron chi connectivity index (χ4n) is 2.10. The number of aromatic amines is 1. The number of nitrogens with one attached hydrogen (secondary N) is 1. The van der Waals surface area contributed by atoms with E-state index in [0.717, 1.165) is 35.2 Å². The van der Waals surface area contributed by atoms with Crippen molar-refractivity contribution in [3.05, 3.63) is 74.0 Å². The van der Waals surface area contributed by atoms with Crippen molar-refractivity contribution in [1.82, 2.24) is 4.98 Å². The second kappa shape index (κ2) is 10.7. The van der Waals surface area contributed by atoms with Crippen LogP contribution in [-0.2, 0) is 0 Å². The summed E-state index contributed by atoms with van der Waals surface area (Å²) in [6.07, 6.45) is 2.07. The van der Waals surface area contributed by atoms with E-state index in [0.29, 0.717) is 21.7 Å². The average molecular weight is 431 g/mol. The zero-order chi connectivity index (χ0) is 18.9. The molecule has 1 N–H and O–H groups in total. The molecule has 3 nitrogen and oxygen atoms in total. The second-order valence-electron chi connectivity index (χ2n) is 5.41. The van der Waals surface area contributed by atoms with E-state index in [1.165, 1.54) is 6.07 Å². The summed E-state index contributed by atoms with van der Waals surface area (Å²) < 4.78 is 5.62. The first-order chi connectivity index (χ1) is 12.5. The number of benzene rings is 2. The van der Waals surface area contributed by atoms with Crippen molar-refractivity contribution >= 4 is 58.3 Å². The Morgan fingerprint density at radius 1 is 0.923 bits per heavy atom. The number of unbranched alkanes of at least 4 members (excludes halogenated alkanes) is 1. The molecule has 3 rings (SSSR count). The van der Waals surface area contributed by atoms with Gasteiger partial charge in [-0.1, -0.05) is 34.8 Å². The lowest BCUT2D eigenvalue weighted by molar-refractivity contribution is 0.310. The van der Waals surface area contributed by atoms with E-state index >= 15 is 0 Å². The smallest absolute Gasteiger partial charge is 0.248 e. The Hall–Kier alpha value is -1.33. The van der Waals surface area contributed by atoms with Crippen LogP contribution >= 0.6 is 47.4 Å². The van der Waals surface area contributed by atoms with Crippen molar-refractivity contribution in [2.24, 2.45) is 0 Å². The lowest BCUT2D eigenvalue weighted by atomic mass is 10.2. The Morgan fingerprint density at radius 3 is 2.42 bits per heavy atom. The van der Waals surface area contributed by atoms with Crippen LogP contribution in [0.4, 0.5) is 0 Å². The summed E-state index contributed by atoms with van der Waals surface area (Å²) in [5.74, 6) is 1.73. The Morgan fingerprint density at radius 2 is 1.73 bits per heavy atom. The third-order valence-corrected chi connectivity index (χ3v) is 4.69. The van der Waals surface area contributed by atoms with Crippen molar-refractivity contribution in [3.63, 3.8) is 0 Å². The molecule has 0 atom stereocenters. The van der Waals surface area contributed by atoms with Crippen LogP contribution in [0.1, 0.15) is 12.8 Å². The first-order valence-electron chi connectivity index (χ1n) is 7.97. The summed E-state index contributed by atoms with van der Waals surface area (Å²) in [6.45, 7) is 0.704. The van der Waals surface area contributed by atoms with Crippen molar-refractivity contribution in [3.8, 4) is 5.75 Å². The van der Waals surface area contributed by atoms with Crippen LogP contribution in [0, 0.1) is 0 Å². The number of H-pyrrole nitrogens is 1. The summed E-state index contributed by atoms with van der Waals surface area (Å²) in [5.41, 5.74) is 0.750. The van der Waals surface area contributed by atoms with Gasteiger partial charge in [0.05, 0.1) is 16.7 Å². The van der Waals surface area contributed by atoms with Gasteiger partial charge in [-0.25, -0.2) is 0 Å². The minimum Gasteiger partial charge on any atom is -0.494 e. The van der Waals surface area contributed by atoms with Gasteiger partial charge in [0.15, 0.2) is 0 Å². The van der Waals surface area contributed by atoms with Gasteiger partial charge in [0.1, 0.15) is 5.75 Å². The minimum atomic E-state index is -0.0834. The van der Waals surface area contributed by atoms with Crippen LogP contribution in [0.2, 0.25) is 15.1 Å². The summed E-state index contributed by atoms with van der Waals surface area (Å²) in [4.78, 5) is 13.9. The van der Waals surface area contributed by atoms with Gasteiger partial charge in [-0.2, -0.15) is 12.6 Å². The number of hydrogen-bond acceptors (Lipinski definition) is 3. The van der Waals surface area contributed by atoms with Crippen molar-refractivity contribution in [2.45, 2.75) is 12.8 Å². The second-order valence-corrected chi connectivity index (χ2v) is 7.11. The number of rotatable bonds is 5. The fraction of sp³-hybridized carbons (Fsp3) is 0.211. The third-order valence-electron chi connectivity index (χ3n) is 3.40. The molecule has 1 aromatic heterocycles. The van der Waals surface area contributed by atoms with Gasteiger partial charge in [-0.15, -0.1) is 0 Å². The molecule has 0 unspecified atom stereocenters. The molecule has 0 aliphatic carbocycles. The lowest BCUT2D eigenvalue weighted by Gasteiger charge is -2.06. The van der Waals surface area contributed by atoms with E-state index in [1.807, 2.05) is 18.2 Å². The summed E-state index contributed by atoms with van der Waals surface area (Å²) in [5, 5.41) is 2.60. The standard InChI is InChI=1S/C13H15NO2S.C6H3Cl3/c15-13-6-3-10-9-11(4-5-12(10)14-13)16-7-1-2-8-17;7-4-1-2-5(8)6(9)3-4/h3-6,9,17H,1-2,7-8H2,(H,14,15);1-3H. The Labute approximate surface area is 172 Å². The molecule has 26 heavy (non-hydrogen) atoms. The normalized spacial score (nSPS) is 10.3. The number of ether oxygens (including phenoxy) is 1. The zero-order valence-electron chi connectivity index (χ0n) is 13.8. The van der Waals surface area contributed by atoms with E-state index in [4.69, 9.17) is 39.5 Å². The van der Waals surface area contributed by atoms with E-state index in [9.17, 15) is 4.79 Å². The van der Waals surface area contributed by atoms with E-state index in [2.05, 4.69) is 17.6 Å². The molecule has 0 aliphatic heterocycles.